The predicted octanol–water partition coefficient (Wildman–Crippen LogP) is 1.45. The van der Waals surface area contributed by atoms with Gasteiger partial charge in [-0.25, -0.2) is 0 Å². The van der Waals surface area contributed by atoms with E-state index >= 15 is 0 Å². The van der Waals surface area contributed by atoms with Gasteiger partial charge in [-0.15, -0.1) is 5.10 Å². The van der Waals surface area contributed by atoms with Gasteiger partial charge in [-0.1, -0.05) is 11.6 Å². The Labute approximate surface area is 132 Å². The van der Waals surface area contributed by atoms with Crippen LogP contribution in [0.5, 0.6) is 5.88 Å². The molecule has 0 aliphatic rings. The Hall–Kier alpha value is -2.54. The Bertz CT molecular complexity index is 682. The third kappa shape index (κ3) is 3.98. The number of hydrogen-bond acceptors (Lipinski definition) is 4. The first-order chi connectivity index (χ1) is 10.5. The SMILES string of the molecule is COc1nn(C)cc1C(=O)NCC(=O)Nc1ccc(Cl)cc1. The summed E-state index contributed by atoms with van der Waals surface area (Å²) >= 11 is 5.76. The lowest BCUT2D eigenvalue weighted by Gasteiger charge is -2.07. The van der Waals surface area contributed by atoms with Crippen molar-refractivity contribution in [3.8, 4) is 5.88 Å². The molecule has 22 heavy (non-hydrogen) atoms. The molecule has 1 heterocycles. The summed E-state index contributed by atoms with van der Waals surface area (Å²) in [5, 5.41) is 9.71. The molecule has 0 unspecified atom stereocenters. The number of aryl methyl sites for hydroxylation is 1. The molecular weight excluding hydrogens is 308 g/mol. The van der Waals surface area contributed by atoms with Gasteiger partial charge in [0.15, 0.2) is 0 Å². The number of ether oxygens (including phenoxy) is 1. The molecule has 2 N–H and O–H groups in total. The van der Waals surface area contributed by atoms with Crippen LogP contribution in [0.1, 0.15) is 10.4 Å². The molecule has 116 valence electrons. The normalized spacial score (nSPS) is 10.1. The summed E-state index contributed by atoms with van der Waals surface area (Å²) in [5.74, 6) is -0.576. The largest absolute Gasteiger partial charge is 0.479 e. The second-order valence-corrected chi connectivity index (χ2v) is 4.90. The molecule has 0 fully saturated rings. The minimum absolute atomic E-state index is 0.167. The number of aromatic nitrogens is 2. The maximum absolute atomic E-state index is 12.0. The average Bonchev–Trinajstić information content (AvgIpc) is 2.88. The Balaban J connectivity index is 1.90. The number of amides is 2. The van der Waals surface area contributed by atoms with E-state index in [1.165, 1.54) is 18.0 Å². The molecular formula is C14H15ClN4O3. The van der Waals surface area contributed by atoms with Crippen LogP contribution in [-0.2, 0) is 11.8 Å². The van der Waals surface area contributed by atoms with Crippen molar-refractivity contribution < 1.29 is 14.3 Å². The van der Waals surface area contributed by atoms with Crippen molar-refractivity contribution in [2.24, 2.45) is 7.05 Å². The smallest absolute Gasteiger partial charge is 0.258 e. The minimum atomic E-state index is -0.434. The van der Waals surface area contributed by atoms with Crippen molar-refractivity contribution in [2.75, 3.05) is 19.0 Å². The zero-order valence-electron chi connectivity index (χ0n) is 12.1. The number of methoxy groups -OCH3 is 1. The number of nitrogens with zero attached hydrogens (tertiary/aromatic N) is 2. The summed E-state index contributed by atoms with van der Waals surface area (Å²) in [6.45, 7) is -0.167. The number of halogens is 1. The van der Waals surface area contributed by atoms with Gasteiger partial charge >= 0.3 is 0 Å². The molecule has 1 aromatic carbocycles. The zero-order valence-corrected chi connectivity index (χ0v) is 12.8. The van der Waals surface area contributed by atoms with Gasteiger partial charge in [0.25, 0.3) is 5.91 Å². The number of hydrogen-bond donors (Lipinski definition) is 2. The summed E-state index contributed by atoms with van der Waals surface area (Å²) in [7, 11) is 3.10. The Morgan fingerprint density at radius 3 is 2.64 bits per heavy atom. The Morgan fingerprint density at radius 2 is 2.00 bits per heavy atom. The van der Waals surface area contributed by atoms with Crippen LogP contribution in [0.15, 0.2) is 30.5 Å². The highest BCUT2D eigenvalue weighted by molar-refractivity contribution is 6.30. The van der Waals surface area contributed by atoms with E-state index in [1.807, 2.05) is 0 Å². The lowest BCUT2D eigenvalue weighted by molar-refractivity contribution is -0.115. The quantitative estimate of drug-likeness (QED) is 0.872. The van der Waals surface area contributed by atoms with Crippen LogP contribution in [0.3, 0.4) is 0 Å². The van der Waals surface area contributed by atoms with Crippen LogP contribution < -0.4 is 15.4 Å². The van der Waals surface area contributed by atoms with Gasteiger partial charge in [0.2, 0.25) is 11.8 Å². The molecule has 8 heteroatoms. The fourth-order valence-corrected chi connectivity index (χ4v) is 1.89. The Kier molecular flexibility index (Phi) is 5.00. The summed E-state index contributed by atoms with van der Waals surface area (Å²) in [4.78, 5) is 23.8. The topological polar surface area (TPSA) is 85.2 Å². The molecule has 0 saturated carbocycles. The van der Waals surface area contributed by atoms with E-state index < -0.39 is 5.91 Å². The van der Waals surface area contributed by atoms with Gasteiger partial charge in [-0.05, 0) is 24.3 Å². The lowest BCUT2D eigenvalue weighted by Crippen LogP contribution is -2.32. The van der Waals surface area contributed by atoms with Gasteiger partial charge in [-0.2, -0.15) is 0 Å². The minimum Gasteiger partial charge on any atom is -0.479 e. The van der Waals surface area contributed by atoms with E-state index in [2.05, 4.69) is 15.7 Å². The zero-order chi connectivity index (χ0) is 16.1. The van der Waals surface area contributed by atoms with Crippen molar-refractivity contribution in [3.63, 3.8) is 0 Å². The van der Waals surface area contributed by atoms with Gasteiger partial charge in [0.1, 0.15) is 5.56 Å². The van der Waals surface area contributed by atoms with Crippen LogP contribution >= 0.6 is 11.6 Å². The third-order valence-electron chi connectivity index (χ3n) is 2.77. The summed E-state index contributed by atoms with van der Waals surface area (Å²) in [6.07, 6.45) is 1.52. The van der Waals surface area contributed by atoms with Gasteiger partial charge in [0, 0.05) is 24.0 Å². The van der Waals surface area contributed by atoms with E-state index in [1.54, 1.807) is 31.3 Å². The lowest BCUT2D eigenvalue weighted by atomic mass is 10.3. The number of carbonyl (C=O) groups excluding carboxylic acids is 2. The van der Waals surface area contributed by atoms with Gasteiger partial charge in [-0.3, -0.25) is 14.3 Å². The standard InChI is InChI=1S/C14H15ClN4O3/c1-19-8-11(14(18-19)22-2)13(21)16-7-12(20)17-10-5-3-9(15)4-6-10/h3-6,8H,7H2,1-2H3,(H,16,21)(H,17,20). The van der Waals surface area contributed by atoms with Crippen LogP contribution in [0, 0.1) is 0 Å². The van der Waals surface area contributed by atoms with Crippen LogP contribution in [0.2, 0.25) is 5.02 Å². The first kappa shape index (κ1) is 15.8. The highest BCUT2D eigenvalue weighted by atomic mass is 35.5. The molecule has 2 amide bonds. The van der Waals surface area contributed by atoms with Crippen molar-refractivity contribution in [1.29, 1.82) is 0 Å². The molecule has 0 radical (unpaired) electrons. The molecule has 0 spiro atoms. The maximum atomic E-state index is 12.0. The fraction of sp³-hybridized carbons (Fsp3) is 0.214. The third-order valence-corrected chi connectivity index (χ3v) is 3.02. The predicted molar refractivity (Wildman–Crippen MR) is 82.2 cm³/mol. The molecule has 0 bridgehead atoms. The molecule has 0 atom stereocenters. The van der Waals surface area contributed by atoms with Gasteiger partial charge < -0.3 is 15.4 Å². The van der Waals surface area contributed by atoms with Crippen molar-refractivity contribution in [3.05, 3.63) is 41.0 Å². The van der Waals surface area contributed by atoms with Crippen molar-refractivity contribution in [1.82, 2.24) is 15.1 Å². The highest BCUT2D eigenvalue weighted by Gasteiger charge is 2.16. The molecule has 0 aliphatic heterocycles. The van der Waals surface area contributed by atoms with Crippen LogP contribution in [0.25, 0.3) is 0 Å². The molecule has 0 aliphatic carbocycles. The maximum Gasteiger partial charge on any atom is 0.258 e. The number of benzene rings is 1. The first-order valence-corrected chi connectivity index (χ1v) is 6.78. The molecule has 7 nitrogen and oxygen atoms in total. The summed E-state index contributed by atoms with van der Waals surface area (Å²) in [5.41, 5.74) is 0.868. The highest BCUT2D eigenvalue weighted by Crippen LogP contribution is 2.14. The number of rotatable bonds is 5. The monoisotopic (exact) mass is 322 g/mol. The van der Waals surface area contributed by atoms with Gasteiger partial charge in [0.05, 0.1) is 13.7 Å². The summed E-state index contributed by atoms with van der Waals surface area (Å²) in [6, 6.07) is 6.67. The second-order valence-electron chi connectivity index (χ2n) is 4.46. The second kappa shape index (κ2) is 6.95. The van der Waals surface area contributed by atoms with E-state index in [0.29, 0.717) is 10.7 Å². The number of nitrogens with one attached hydrogen (secondary N) is 2. The Morgan fingerprint density at radius 1 is 1.32 bits per heavy atom. The first-order valence-electron chi connectivity index (χ1n) is 6.41. The van der Waals surface area contributed by atoms with Crippen molar-refractivity contribution >= 4 is 29.1 Å². The van der Waals surface area contributed by atoms with Crippen LogP contribution in [-0.4, -0.2) is 35.2 Å². The average molecular weight is 323 g/mol. The molecule has 2 aromatic rings. The van der Waals surface area contributed by atoms with Crippen molar-refractivity contribution in [2.45, 2.75) is 0 Å². The number of carbonyl (C=O) groups is 2. The van der Waals surface area contributed by atoms with E-state index in [-0.39, 0.29) is 23.9 Å². The number of anilines is 1. The van der Waals surface area contributed by atoms with Crippen LogP contribution in [0.4, 0.5) is 5.69 Å². The fourth-order valence-electron chi connectivity index (χ4n) is 1.77. The summed E-state index contributed by atoms with van der Waals surface area (Å²) < 4.78 is 6.45. The van der Waals surface area contributed by atoms with E-state index in [9.17, 15) is 9.59 Å². The van der Waals surface area contributed by atoms with E-state index in [0.717, 1.165) is 0 Å². The molecule has 2 rings (SSSR count). The van der Waals surface area contributed by atoms with E-state index in [4.69, 9.17) is 16.3 Å². The molecule has 0 saturated heterocycles. The molecule has 1 aromatic heterocycles.